The molecule has 1 aliphatic heterocycles. The minimum atomic E-state index is 0.0764. The standard InChI is InChI=1S/C15H20N2O2/c16-14-4-2-1-3-13(14)15(18)17(12-5-6-12)9-11-7-8-19-10-11/h1-4,11-12H,5-10,16H2. The lowest BCUT2D eigenvalue weighted by atomic mass is 10.1. The van der Waals surface area contributed by atoms with E-state index in [4.69, 9.17) is 10.5 Å². The van der Waals surface area contributed by atoms with Gasteiger partial charge in [0.25, 0.3) is 5.91 Å². The third-order valence-electron chi connectivity index (χ3n) is 3.92. The summed E-state index contributed by atoms with van der Waals surface area (Å²) in [6.07, 6.45) is 3.29. The second kappa shape index (κ2) is 5.21. The van der Waals surface area contributed by atoms with Gasteiger partial charge < -0.3 is 15.4 Å². The number of nitrogens with zero attached hydrogens (tertiary/aromatic N) is 1. The van der Waals surface area contributed by atoms with Crippen molar-refractivity contribution in [3.63, 3.8) is 0 Å². The van der Waals surface area contributed by atoms with Crippen molar-refractivity contribution < 1.29 is 9.53 Å². The smallest absolute Gasteiger partial charge is 0.256 e. The fraction of sp³-hybridized carbons (Fsp3) is 0.533. The maximum atomic E-state index is 12.6. The van der Waals surface area contributed by atoms with Gasteiger partial charge in [-0.2, -0.15) is 0 Å². The molecule has 1 amide bonds. The van der Waals surface area contributed by atoms with Gasteiger partial charge in [-0.25, -0.2) is 0 Å². The van der Waals surface area contributed by atoms with E-state index in [1.807, 2.05) is 23.1 Å². The second-order valence-electron chi connectivity index (χ2n) is 5.51. The number of hydrogen-bond acceptors (Lipinski definition) is 3. The van der Waals surface area contributed by atoms with E-state index in [1.54, 1.807) is 6.07 Å². The van der Waals surface area contributed by atoms with Crippen LogP contribution in [0.2, 0.25) is 0 Å². The van der Waals surface area contributed by atoms with Crippen molar-refractivity contribution in [2.24, 2.45) is 5.92 Å². The van der Waals surface area contributed by atoms with E-state index in [9.17, 15) is 4.79 Å². The number of nitrogens with two attached hydrogens (primary N) is 1. The van der Waals surface area contributed by atoms with E-state index in [2.05, 4.69) is 0 Å². The van der Waals surface area contributed by atoms with Crippen LogP contribution in [-0.4, -0.2) is 36.6 Å². The molecule has 1 atom stereocenters. The molecule has 102 valence electrons. The number of anilines is 1. The van der Waals surface area contributed by atoms with Crippen molar-refractivity contribution in [3.05, 3.63) is 29.8 Å². The number of amides is 1. The SMILES string of the molecule is Nc1ccccc1C(=O)N(CC1CCOC1)C1CC1. The molecule has 4 heteroatoms. The number of nitrogen functional groups attached to an aromatic ring is 1. The third kappa shape index (κ3) is 2.73. The molecule has 2 N–H and O–H groups in total. The molecule has 1 aromatic carbocycles. The van der Waals surface area contributed by atoms with Crippen LogP contribution in [0.4, 0.5) is 5.69 Å². The van der Waals surface area contributed by atoms with Crippen molar-refractivity contribution in [3.8, 4) is 0 Å². The van der Waals surface area contributed by atoms with Gasteiger partial charge in [0.15, 0.2) is 0 Å². The van der Waals surface area contributed by atoms with Gasteiger partial charge in [0.1, 0.15) is 0 Å². The van der Waals surface area contributed by atoms with Crippen LogP contribution >= 0.6 is 0 Å². The molecular weight excluding hydrogens is 240 g/mol. The number of carbonyl (C=O) groups excluding carboxylic acids is 1. The monoisotopic (exact) mass is 260 g/mol. The summed E-state index contributed by atoms with van der Waals surface area (Å²) < 4.78 is 5.40. The highest BCUT2D eigenvalue weighted by Gasteiger charge is 2.35. The van der Waals surface area contributed by atoms with Crippen molar-refractivity contribution >= 4 is 11.6 Å². The molecule has 2 aliphatic rings. The fourth-order valence-corrected chi connectivity index (χ4v) is 2.64. The van der Waals surface area contributed by atoms with Crippen LogP contribution in [0, 0.1) is 5.92 Å². The molecule has 0 radical (unpaired) electrons. The molecule has 3 rings (SSSR count). The van der Waals surface area contributed by atoms with Gasteiger partial charge in [-0.05, 0) is 31.4 Å². The number of rotatable bonds is 4. The van der Waals surface area contributed by atoms with E-state index < -0.39 is 0 Å². The zero-order valence-electron chi connectivity index (χ0n) is 11.0. The lowest BCUT2D eigenvalue weighted by Gasteiger charge is -2.25. The number of para-hydroxylation sites is 1. The van der Waals surface area contributed by atoms with Crippen molar-refractivity contribution in [2.45, 2.75) is 25.3 Å². The zero-order valence-corrected chi connectivity index (χ0v) is 11.0. The quantitative estimate of drug-likeness (QED) is 0.841. The molecule has 1 saturated heterocycles. The Morgan fingerprint density at radius 2 is 2.11 bits per heavy atom. The highest BCUT2D eigenvalue weighted by molar-refractivity contribution is 5.99. The molecule has 0 spiro atoms. The van der Waals surface area contributed by atoms with E-state index in [-0.39, 0.29) is 5.91 Å². The Hall–Kier alpha value is -1.55. The molecule has 4 nitrogen and oxygen atoms in total. The van der Waals surface area contributed by atoms with Crippen molar-refractivity contribution in [2.75, 3.05) is 25.5 Å². The first-order chi connectivity index (χ1) is 9.25. The molecule has 1 heterocycles. The lowest BCUT2D eigenvalue weighted by molar-refractivity contribution is 0.0707. The van der Waals surface area contributed by atoms with Crippen LogP contribution in [0.1, 0.15) is 29.6 Å². The Bertz CT molecular complexity index is 465. The minimum absolute atomic E-state index is 0.0764. The normalized spacial score (nSPS) is 22.4. The topological polar surface area (TPSA) is 55.6 Å². The first kappa shape index (κ1) is 12.5. The molecule has 19 heavy (non-hydrogen) atoms. The van der Waals surface area contributed by atoms with Crippen LogP contribution in [0.5, 0.6) is 0 Å². The van der Waals surface area contributed by atoms with Crippen molar-refractivity contribution in [1.82, 2.24) is 4.90 Å². The summed E-state index contributed by atoms with van der Waals surface area (Å²) in [5.41, 5.74) is 7.12. The molecule has 1 saturated carbocycles. The molecule has 0 bridgehead atoms. The summed E-state index contributed by atoms with van der Waals surface area (Å²) in [5, 5.41) is 0. The number of carbonyl (C=O) groups is 1. The zero-order chi connectivity index (χ0) is 13.2. The molecule has 0 aromatic heterocycles. The van der Waals surface area contributed by atoms with Gasteiger partial charge in [0.05, 0.1) is 12.2 Å². The van der Waals surface area contributed by atoms with Crippen LogP contribution in [0.25, 0.3) is 0 Å². The largest absolute Gasteiger partial charge is 0.398 e. The maximum Gasteiger partial charge on any atom is 0.256 e. The minimum Gasteiger partial charge on any atom is -0.398 e. The average Bonchev–Trinajstić information content (AvgIpc) is 3.13. The first-order valence-electron chi connectivity index (χ1n) is 6.99. The van der Waals surface area contributed by atoms with Crippen LogP contribution in [0.3, 0.4) is 0 Å². The Morgan fingerprint density at radius 1 is 1.32 bits per heavy atom. The van der Waals surface area contributed by atoms with E-state index >= 15 is 0 Å². The lowest BCUT2D eigenvalue weighted by Crippen LogP contribution is -2.37. The summed E-state index contributed by atoms with van der Waals surface area (Å²) in [6, 6.07) is 7.74. The Labute approximate surface area is 113 Å². The summed E-state index contributed by atoms with van der Waals surface area (Å²) in [6.45, 7) is 2.41. The molecule has 1 unspecified atom stereocenters. The van der Waals surface area contributed by atoms with E-state index in [0.717, 1.165) is 39.0 Å². The molecule has 1 aromatic rings. The third-order valence-corrected chi connectivity index (χ3v) is 3.92. The Balaban J connectivity index is 1.76. The predicted molar refractivity (Wildman–Crippen MR) is 73.8 cm³/mol. The average molecular weight is 260 g/mol. The number of benzene rings is 1. The maximum absolute atomic E-state index is 12.6. The van der Waals surface area contributed by atoms with Gasteiger partial charge in [-0.1, -0.05) is 12.1 Å². The summed E-state index contributed by atoms with van der Waals surface area (Å²) >= 11 is 0. The van der Waals surface area contributed by atoms with Crippen LogP contribution in [-0.2, 0) is 4.74 Å². The van der Waals surface area contributed by atoms with Gasteiger partial charge in [0, 0.05) is 30.8 Å². The summed E-state index contributed by atoms with van der Waals surface area (Å²) in [4.78, 5) is 14.6. The van der Waals surface area contributed by atoms with Crippen LogP contribution < -0.4 is 5.73 Å². The van der Waals surface area contributed by atoms with E-state index in [1.165, 1.54) is 0 Å². The highest BCUT2D eigenvalue weighted by atomic mass is 16.5. The number of hydrogen-bond donors (Lipinski definition) is 1. The predicted octanol–water partition coefficient (Wildman–Crippen LogP) is 1.91. The van der Waals surface area contributed by atoms with Gasteiger partial charge in [-0.15, -0.1) is 0 Å². The van der Waals surface area contributed by atoms with Gasteiger partial charge in [0.2, 0.25) is 0 Å². The molecule has 1 aliphatic carbocycles. The van der Waals surface area contributed by atoms with Gasteiger partial charge >= 0.3 is 0 Å². The first-order valence-corrected chi connectivity index (χ1v) is 6.99. The summed E-state index contributed by atoms with van der Waals surface area (Å²) in [7, 11) is 0. The Kier molecular flexibility index (Phi) is 3.42. The van der Waals surface area contributed by atoms with E-state index in [0.29, 0.717) is 23.2 Å². The molecular formula is C15H20N2O2. The van der Waals surface area contributed by atoms with Crippen molar-refractivity contribution in [1.29, 1.82) is 0 Å². The van der Waals surface area contributed by atoms with Gasteiger partial charge in [-0.3, -0.25) is 4.79 Å². The molecule has 2 fully saturated rings. The van der Waals surface area contributed by atoms with Crippen LogP contribution in [0.15, 0.2) is 24.3 Å². The number of ether oxygens (including phenoxy) is 1. The Morgan fingerprint density at radius 3 is 2.74 bits per heavy atom. The highest BCUT2D eigenvalue weighted by Crippen LogP contribution is 2.31. The summed E-state index contributed by atoms with van der Waals surface area (Å²) in [5.74, 6) is 0.557. The fourth-order valence-electron chi connectivity index (χ4n) is 2.64. The second-order valence-corrected chi connectivity index (χ2v) is 5.51.